The normalized spacial score (nSPS) is 15.0. The van der Waals surface area contributed by atoms with Crippen molar-refractivity contribution >= 4 is 35.0 Å². The van der Waals surface area contributed by atoms with Crippen LogP contribution in [-0.4, -0.2) is 32.0 Å². The van der Waals surface area contributed by atoms with Crippen LogP contribution in [-0.2, 0) is 4.79 Å². The van der Waals surface area contributed by atoms with E-state index in [1.807, 2.05) is 0 Å². The van der Waals surface area contributed by atoms with Crippen molar-refractivity contribution in [2.45, 2.75) is 32.1 Å². The van der Waals surface area contributed by atoms with Gasteiger partial charge in [0.1, 0.15) is 5.56 Å². The number of halogens is 2. The second-order valence-corrected chi connectivity index (χ2v) is 6.63. The van der Waals surface area contributed by atoms with Crippen molar-refractivity contribution in [3.05, 3.63) is 27.7 Å². The Hall–Kier alpha value is -1.46. The van der Waals surface area contributed by atoms with Gasteiger partial charge in [0.15, 0.2) is 5.75 Å². The number of amides is 2. The topological polar surface area (TPSA) is 67.4 Å². The molecule has 1 aromatic rings. The van der Waals surface area contributed by atoms with Crippen molar-refractivity contribution in [3.8, 4) is 5.75 Å². The summed E-state index contributed by atoms with van der Waals surface area (Å²) >= 11 is 12.1. The van der Waals surface area contributed by atoms with Gasteiger partial charge < -0.3 is 15.4 Å². The van der Waals surface area contributed by atoms with Crippen molar-refractivity contribution in [3.63, 3.8) is 0 Å². The first-order valence-electron chi connectivity index (χ1n) is 8.12. The van der Waals surface area contributed by atoms with Crippen LogP contribution in [0.15, 0.2) is 12.1 Å². The van der Waals surface area contributed by atoms with Crippen LogP contribution in [0.5, 0.6) is 5.75 Å². The third kappa shape index (κ3) is 4.77. The van der Waals surface area contributed by atoms with E-state index in [9.17, 15) is 9.59 Å². The standard InChI is InChI=1S/C17H22Cl2N2O3/c1-24-15-13(19)8-7-12(18)14(15)17(23)21-10-9-20-16(22)11-5-3-2-4-6-11/h7-8,11H,2-6,9-10H2,1H3,(H,20,22)(H,21,23). The van der Waals surface area contributed by atoms with Crippen LogP contribution in [0.1, 0.15) is 42.5 Å². The molecule has 1 saturated carbocycles. The van der Waals surface area contributed by atoms with Gasteiger partial charge in [-0.2, -0.15) is 0 Å². The van der Waals surface area contributed by atoms with E-state index in [1.165, 1.54) is 13.5 Å². The molecule has 0 radical (unpaired) electrons. The van der Waals surface area contributed by atoms with E-state index >= 15 is 0 Å². The molecule has 0 atom stereocenters. The monoisotopic (exact) mass is 372 g/mol. The summed E-state index contributed by atoms with van der Waals surface area (Å²) in [5.41, 5.74) is 0.199. The van der Waals surface area contributed by atoms with Gasteiger partial charge in [0.05, 0.1) is 17.2 Å². The molecule has 0 aliphatic heterocycles. The molecule has 0 unspecified atom stereocenters. The number of hydrogen-bond acceptors (Lipinski definition) is 3. The highest BCUT2D eigenvalue weighted by Crippen LogP contribution is 2.33. The summed E-state index contributed by atoms with van der Waals surface area (Å²) in [6.07, 6.45) is 5.34. The van der Waals surface area contributed by atoms with E-state index in [0.29, 0.717) is 18.1 Å². The van der Waals surface area contributed by atoms with Crippen LogP contribution in [0.4, 0.5) is 0 Å². The van der Waals surface area contributed by atoms with Gasteiger partial charge in [0.2, 0.25) is 5.91 Å². The molecule has 0 saturated heterocycles. The van der Waals surface area contributed by atoms with E-state index in [1.54, 1.807) is 12.1 Å². The minimum atomic E-state index is -0.383. The van der Waals surface area contributed by atoms with Gasteiger partial charge >= 0.3 is 0 Å². The van der Waals surface area contributed by atoms with E-state index in [4.69, 9.17) is 27.9 Å². The maximum absolute atomic E-state index is 12.3. The highest BCUT2D eigenvalue weighted by molar-refractivity contribution is 6.37. The Balaban J connectivity index is 1.83. The molecular formula is C17H22Cl2N2O3. The molecular weight excluding hydrogens is 351 g/mol. The Morgan fingerprint density at radius 3 is 2.38 bits per heavy atom. The van der Waals surface area contributed by atoms with Crippen LogP contribution < -0.4 is 15.4 Å². The van der Waals surface area contributed by atoms with Gasteiger partial charge in [-0.05, 0) is 25.0 Å². The largest absolute Gasteiger partial charge is 0.494 e. The predicted octanol–water partition coefficient (Wildman–Crippen LogP) is 3.43. The lowest BCUT2D eigenvalue weighted by Gasteiger charge is -2.20. The lowest BCUT2D eigenvalue weighted by Crippen LogP contribution is -2.38. The summed E-state index contributed by atoms with van der Waals surface area (Å²) in [4.78, 5) is 24.3. The average Bonchev–Trinajstić information content (AvgIpc) is 2.60. The molecule has 0 bridgehead atoms. The Kier molecular flexibility index (Phi) is 7.18. The van der Waals surface area contributed by atoms with Gasteiger partial charge in [-0.1, -0.05) is 42.5 Å². The number of methoxy groups -OCH3 is 1. The molecule has 2 amide bonds. The number of benzene rings is 1. The highest BCUT2D eigenvalue weighted by Gasteiger charge is 2.21. The summed E-state index contributed by atoms with van der Waals surface area (Å²) in [7, 11) is 1.43. The van der Waals surface area contributed by atoms with Gasteiger partial charge in [0, 0.05) is 19.0 Å². The third-order valence-corrected chi connectivity index (χ3v) is 4.79. The first kappa shape index (κ1) is 18.9. The summed E-state index contributed by atoms with van der Waals surface area (Å²) < 4.78 is 5.15. The molecule has 0 spiro atoms. The number of ether oxygens (including phenoxy) is 1. The zero-order chi connectivity index (χ0) is 17.5. The minimum absolute atomic E-state index is 0.0716. The molecule has 132 valence electrons. The van der Waals surface area contributed by atoms with E-state index < -0.39 is 0 Å². The fourth-order valence-electron chi connectivity index (χ4n) is 2.90. The fourth-order valence-corrected chi connectivity index (χ4v) is 3.37. The molecule has 5 nitrogen and oxygen atoms in total. The van der Waals surface area contributed by atoms with E-state index in [2.05, 4.69) is 10.6 Å². The summed E-state index contributed by atoms with van der Waals surface area (Å²) in [6.45, 7) is 0.685. The molecule has 1 aliphatic carbocycles. The van der Waals surface area contributed by atoms with Crippen molar-refractivity contribution in [2.75, 3.05) is 20.2 Å². The van der Waals surface area contributed by atoms with Crippen molar-refractivity contribution in [1.29, 1.82) is 0 Å². The SMILES string of the molecule is COc1c(Cl)ccc(Cl)c1C(=O)NCCNC(=O)C1CCCCC1. The lowest BCUT2D eigenvalue weighted by molar-refractivity contribution is -0.125. The lowest BCUT2D eigenvalue weighted by atomic mass is 9.89. The van der Waals surface area contributed by atoms with Gasteiger partial charge in [-0.15, -0.1) is 0 Å². The predicted molar refractivity (Wildman–Crippen MR) is 94.9 cm³/mol. The minimum Gasteiger partial charge on any atom is -0.494 e. The molecule has 24 heavy (non-hydrogen) atoms. The summed E-state index contributed by atoms with van der Waals surface area (Å²) in [6, 6.07) is 3.12. The fraction of sp³-hybridized carbons (Fsp3) is 0.529. The van der Waals surface area contributed by atoms with E-state index in [0.717, 1.165) is 25.7 Å². The Morgan fingerprint density at radius 1 is 1.08 bits per heavy atom. The smallest absolute Gasteiger partial charge is 0.256 e. The zero-order valence-corrected chi connectivity index (χ0v) is 15.2. The first-order chi connectivity index (χ1) is 11.5. The second kappa shape index (κ2) is 9.14. The van der Waals surface area contributed by atoms with Crippen molar-refractivity contribution in [2.24, 2.45) is 5.92 Å². The van der Waals surface area contributed by atoms with E-state index in [-0.39, 0.29) is 34.1 Å². The molecule has 2 rings (SSSR count). The number of carbonyl (C=O) groups excluding carboxylic acids is 2. The number of hydrogen-bond donors (Lipinski definition) is 2. The van der Waals surface area contributed by atoms with Gasteiger partial charge in [-0.3, -0.25) is 9.59 Å². The van der Waals surface area contributed by atoms with Crippen LogP contribution in [0, 0.1) is 5.92 Å². The molecule has 1 aliphatic rings. The maximum atomic E-state index is 12.3. The highest BCUT2D eigenvalue weighted by atomic mass is 35.5. The molecule has 1 aromatic carbocycles. The number of nitrogens with one attached hydrogen (secondary N) is 2. The second-order valence-electron chi connectivity index (χ2n) is 5.82. The Morgan fingerprint density at radius 2 is 1.71 bits per heavy atom. The number of rotatable bonds is 6. The van der Waals surface area contributed by atoms with Crippen LogP contribution in [0.25, 0.3) is 0 Å². The molecule has 7 heteroatoms. The molecule has 2 N–H and O–H groups in total. The molecule has 0 heterocycles. The zero-order valence-electron chi connectivity index (χ0n) is 13.7. The average molecular weight is 373 g/mol. The Bertz CT molecular complexity index is 602. The van der Waals surface area contributed by atoms with Crippen molar-refractivity contribution < 1.29 is 14.3 Å². The quantitative estimate of drug-likeness (QED) is 0.751. The van der Waals surface area contributed by atoms with Crippen LogP contribution >= 0.6 is 23.2 Å². The summed E-state index contributed by atoms with van der Waals surface area (Å²) in [5, 5.41) is 6.17. The van der Waals surface area contributed by atoms with Crippen LogP contribution in [0.2, 0.25) is 10.0 Å². The first-order valence-corrected chi connectivity index (χ1v) is 8.88. The van der Waals surface area contributed by atoms with Crippen molar-refractivity contribution in [1.82, 2.24) is 10.6 Å². The van der Waals surface area contributed by atoms with Crippen LogP contribution in [0.3, 0.4) is 0 Å². The molecule has 0 aromatic heterocycles. The summed E-state index contributed by atoms with van der Waals surface area (Å²) in [5.74, 6) is 0.0402. The molecule has 1 fully saturated rings. The maximum Gasteiger partial charge on any atom is 0.256 e. The number of carbonyl (C=O) groups is 2. The Labute approximate surface area is 152 Å². The van der Waals surface area contributed by atoms with Gasteiger partial charge in [0.25, 0.3) is 5.91 Å². The third-order valence-electron chi connectivity index (χ3n) is 4.18. The van der Waals surface area contributed by atoms with Gasteiger partial charge in [-0.25, -0.2) is 0 Å².